The molecule has 4 heteroatoms. The fraction of sp³-hybridized carbons (Fsp3) is 0.188. The second-order valence-corrected chi connectivity index (χ2v) is 5.02. The second-order valence-electron chi connectivity index (χ2n) is 4.61. The van der Waals surface area contributed by atoms with Crippen molar-refractivity contribution in [3.8, 4) is 17.6 Å². The van der Waals surface area contributed by atoms with Gasteiger partial charge in [0.2, 0.25) is 0 Å². The van der Waals surface area contributed by atoms with Crippen molar-refractivity contribution in [1.82, 2.24) is 0 Å². The lowest BCUT2D eigenvalue weighted by atomic mass is 10.0. The smallest absolute Gasteiger partial charge is 0.123 e. The molecule has 2 aromatic rings. The van der Waals surface area contributed by atoms with E-state index in [0.717, 1.165) is 5.75 Å². The highest BCUT2D eigenvalue weighted by molar-refractivity contribution is 6.31. The lowest BCUT2D eigenvalue weighted by molar-refractivity contribution is 0.248. The normalized spacial score (nSPS) is 16.1. The Morgan fingerprint density at radius 1 is 1.30 bits per heavy atom. The Hall–Kier alpha value is -2.18. The average molecular weight is 286 g/mol. The first-order valence-corrected chi connectivity index (χ1v) is 6.70. The Balaban J connectivity index is 1.69. The van der Waals surface area contributed by atoms with E-state index >= 15 is 0 Å². The average Bonchev–Trinajstić information content (AvgIpc) is 2.88. The SMILES string of the molecule is N#Cc1ccc(OCC2COc3ccccc32)cc1Cl. The largest absolute Gasteiger partial charge is 0.493 e. The van der Waals surface area contributed by atoms with Gasteiger partial charge in [0, 0.05) is 11.6 Å². The van der Waals surface area contributed by atoms with Crippen LogP contribution < -0.4 is 9.47 Å². The van der Waals surface area contributed by atoms with Gasteiger partial charge in [0.15, 0.2) is 0 Å². The highest BCUT2D eigenvalue weighted by atomic mass is 35.5. The molecule has 100 valence electrons. The number of para-hydroxylation sites is 1. The minimum Gasteiger partial charge on any atom is -0.493 e. The molecule has 0 fully saturated rings. The number of halogens is 1. The van der Waals surface area contributed by atoms with Crippen LogP contribution in [0.3, 0.4) is 0 Å². The molecule has 0 aromatic heterocycles. The van der Waals surface area contributed by atoms with E-state index in [9.17, 15) is 0 Å². The molecule has 3 rings (SSSR count). The van der Waals surface area contributed by atoms with E-state index in [1.165, 1.54) is 5.56 Å². The van der Waals surface area contributed by atoms with Gasteiger partial charge in [-0.2, -0.15) is 5.26 Å². The van der Waals surface area contributed by atoms with E-state index < -0.39 is 0 Å². The van der Waals surface area contributed by atoms with Gasteiger partial charge in [-0.05, 0) is 18.2 Å². The lowest BCUT2D eigenvalue weighted by Crippen LogP contribution is -2.11. The van der Waals surface area contributed by atoms with E-state index in [4.69, 9.17) is 26.3 Å². The summed E-state index contributed by atoms with van der Waals surface area (Å²) >= 11 is 5.98. The third-order valence-corrected chi connectivity index (χ3v) is 3.62. The summed E-state index contributed by atoms with van der Waals surface area (Å²) in [6.45, 7) is 1.16. The Bertz CT molecular complexity index is 678. The van der Waals surface area contributed by atoms with Crippen molar-refractivity contribution in [2.45, 2.75) is 5.92 Å². The standard InChI is InChI=1S/C16H12ClNO2/c17-15-7-13(6-5-11(15)8-18)19-9-12-10-20-16-4-2-1-3-14(12)16/h1-7,12H,9-10H2. The van der Waals surface area contributed by atoms with Crippen molar-refractivity contribution in [1.29, 1.82) is 5.26 Å². The highest BCUT2D eigenvalue weighted by Gasteiger charge is 2.24. The van der Waals surface area contributed by atoms with Gasteiger partial charge in [-0.1, -0.05) is 29.8 Å². The monoisotopic (exact) mass is 285 g/mol. The van der Waals surface area contributed by atoms with Crippen molar-refractivity contribution in [3.63, 3.8) is 0 Å². The van der Waals surface area contributed by atoms with Crippen LogP contribution in [0, 0.1) is 11.3 Å². The molecular weight excluding hydrogens is 274 g/mol. The molecule has 0 amide bonds. The summed E-state index contributed by atoms with van der Waals surface area (Å²) in [5, 5.41) is 9.24. The summed E-state index contributed by atoms with van der Waals surface area (Å²) in [7, 11) is 0. The quantitative estimate of drug-likeness (QED) is 0.862. The number of hydrogen-bond acceptors (Lipinski definition) is 3. The Kier molecular flexibility index (Phi) is 3.49. The minimum absolute atomic E-state index is 0.223. The van der Waals surface area contributed by atoms with Crippen LogP contribution in [-0.4, -0.2) is 13.2 Å². The summed E-state index contributed by atoms with van der Waals surface area (Å²) in [4.78, 5) is 0. The number of ether oxygens (including phenoxy) is 2. The molecule has 1 atom stereocenters. The number of nitriles is 1. The van der Waals surface area contributed by atoms with Gasteiger partial charge in [0.1, 0.15) is 17.6 Å². The van der Waals surface area contributed by atoms with E-state index in [1.54, 1.807) is 18.2 Å². The minimum atomic E-state index is 0.223. The number of hydrogen-bond donors (Lipinski definition) is 0. The maximum absolute atomic E-state index is 8.83. The van der Waals surface area contributed by atoms with E-state index in [-0.39, 0.29) is 5.92 Å². The number of nitrogens with zero attached hydrogens (tertiary/aromatic N) is 1. The summed E-state index contributed by atoms with van der Waals surface area (Å²) in [5.74, 6) is 1.82. The molecule has 0 aliphatic carbocycles. The number of benzene rings is 2. The third-order valence-electron chi connectivity index (χ3n) is 3.31. The van der Waals surface area contributed by atoms with E-state index in [1.807, 2.05) is 24.3 Å². The van der Waals surface area contributed by atoms with Gasteiger partial charge in [-0.25, -0.2) is 0 Å². The molecule has 20 heavy (non-hydrogen) atoms. The molecule has 0 saturated carbocycles. The van der Waals surface area contributed by atoms with Crippen LogP contribution in [0.15, 0.2) is 42.5 Å². The van der Waals surface area contributed by atoms with Gasteiger partial charge < -0.3 is 9.47 Å². The maximum Gasteiger partial charge on any atom is 0.123 e. The molecule has 0 saturated heterocycles. The van der Waals surface area contributed by atoms with Gasteiger partial charge in [-0.3, -0.25) is 0 Å². The Morgan fingerprint density at radius 3 is 2.95 bits per heavy atom. The third kappa shape index (κ3) is 2.43. The van der Waals surface area contributed by atoms with Crippen molar-refractivity contribution in [2.75, 3.05) is 13.2 Å². The van der Waals surface area contributed by atoms with E-state index in [0.29, 0.717) is 29.5 Å². The van der Waals surface area contributed by atoms with Gasteiger partial charge in [0.25, 0.3) is 0 Å². The van der Waals surface area contributed by atoms with E-state index in [2.05, 4.69) is 6.07 Å². The molecule has 2 aromatic carbocycles. The van der Waals surface area contributed by atoms with Gasteiger partial charge in [0.05, 0.1) is 29.7 Å². The van der Waals surface area contributed by atoms with Crippen molar-refractivity contribution in [2.24, 2.45) is 0 Å². The van der Waals surface area contributed by atoms with Crippen LogP contribution >= 0.6 is 11.6 Å². The molecule has 0 spiro atoms. The molecule has 3 nitrogen and oxygen atoms in total. The van der Waals surface area contributed by atoms with Gasteiger partial charge in [-0.15, -0.1) is 0 Å². The molecule has 1 heterocycles. The predicted octanol–water partition coefficient (Wildman–Crippen LogP) is 3.77. The first-order chi connectivity index (χ1) is 9.78. The Labute approximate surface area is 122 Å². The van der Waals surface area contributed by atoms with Crippen molar-refractivity contribution < 1.29 is 9.47 Å². The zero-order valence-electron chi connectivity index (χ0n) is 10.7. The molecular formula is C16H12ClNO2. The zero-order valence-corrected chi connectivity index (χ0v) is 11.4. The van der Waals surface area contributed by atoms with Crippen LogP contribution in [0.25, 0.3) is 0 Å². The first-order valence-electron chi connectivity index (χ1n) is 6.32. The Morgan fingerprint density at radius 2 is 2.15 bits per heavy atom. The zero-order chi connectivity index (χ0) is 13.9. The summed E-state index contributed by atoms with van der Waals surface area (Å²) in [6, 6.07) is 15.1. The van der Waals surface area contributed by atoms with Crippen LogP contribution in [-0.2, 0) is 0 Å². The van der Waals surface area contributed by atoms with Gasteiger partial charge >= 0.3 is 0 Å². The highest BCUT2D eigenvalue weighted by Crippen LogP contribution is 2.34. The summed E-state index contributed by atoms with van der Waals surface area (Å²) in [6.07, 6.45) is 0. The molecule has 1 aliphatic heterocycles. The van der Waals surface area contributed by atoms with Crippen LogP contribution in [0.4, 0.5) is 0 Å². The summed E-state index contributed by atoms with van der Waals surface area (Å²) < 4.78 is 11.4. The summed E-state index contributed by atoms with van der Waals surface area (Å²) in [5.41, 5.74) is 1.63. The van der Waals surface area contributed by atoms with Crippen LogP contribution in [0.1, 0.15) is 17.0 Å². The molecule has 1 unspecified atom stereocenters. The fourth-order valence-corrected chi connectivity index (χ4v) is 2.45. The second kappa shape index (κ2) is 5.44. The topological polar surface area (TPSA) is 42.2 Å². The maximum atomic E-state index is 8.83. The molecule has 0 N–H and O–H groups in total. The van der Waals surface area contributed by atoms with Crippen LogP contribution in [0.5, 0.6) is 11.5 Å². The lowest BCUT2D eigenvalue weighted by Gasteiger charge is -2.11. The van der Waals surface area contributed by atoms with Crippen molar-refractivity contribution in [3.05, 3.63) is 58.6 Å². The van der Waals surface area contributed by atoms with Crippen LogP contribution in [0.2, 0.25) is 5.02 Å². The molecule has 0 radical (unpaired) electrons. The fourth-order valence-electron chi connectivity index (χ4n) is 2.24. The molecule has 1 aliphatic rings. The predicted molar refractivity (Wildman–Crippen MR) is 76.3 cm³/mol. The number of rotatable bonds is 3. The first kappa shape index (κ1) is 12.8. The van der Waals surface area contributed by atoms with Crippen molar-refractivity contribution >= 4 is 11.6 Å². The molecule has 0 bridgehead atoms. The number of fused-ring (bicyclic) bond motifs is 1.